The van der Waals surface area contributed by atoms with Crippen LogP contribution >= 0.6 is 0 Å². The molecular formula is C12H14O4. The molecule has 2 N–H and O–H groups in total. The summed E-state index contributed by atoms with van der Waals surface area (Å²) < 4.78 is 4.72. The molecule has 1 aromatic rings. The zero-order chi connectivity index (χ0) is 12.0. The maximum atomic E-state index is 11.0. The Kier molecular flexibility index (Phi) is 4.54. The van der Waals surface area contributed by atoms with E-state index in [0.29, 0.717) is 12.2 Å². The number of carbonyl (C=O) groups is 1. The van der Waals surface area contributed by atoms with Gasteiger partial charge in [0.25, 0.3) is 0 Å². The molecule has 1 rings (SSSR count). The summed E-state index contributed by atoms with van der Waals surface area (Å²) in [6.45, 7) is 1.82. The molecule has 0 amide bonds. The number of rotatable bonds is 4. The fourth-order valence-corrected chi connectivity index (χ4v) is 1.19. The molecule has 1 aromatic carbocycles. The van der Waals surface area contributed by atoms with Gasteiger partial charge in [0, 0.05) is 11.6 Å². The van der Waals surface area contributed by atoms with Crippen molar-refractivity contribution in [1.29, 1.82) is 0 Å². The fourth-order valence-electron chi connectivity index (χ4n) is 1.19. The lowest BCUT2D eigenvalue weighted by Gasteiger charge is -2.02. The van der Waals surface area contributed by atoms with E-state index in [1.165, 1.54) is 12.1 Å². The van der Waals surface area contributed by atoms with Crippen LogP contribution in [0.3, 0.4) is 0 Å². The molecule has 86 valence electrons. The van der Waals surface area contributed by atoms with Crippen molar-refractivity contribution < 1.29 is 19.7 Å². The number of hydrogen-bond acceptors (Lipinski definition) is 4. The highest BCUT2D eigenvalue weighted by Gasteiger charge is 2.00. The van der Waals surface area contributed by atoms with Gasteiger partial charge in [-0.1, -0.05) is 6.07 Å². The molecule has 0 saturated carbocycles. The van der Waals surface area contributed by atoms with Crippen LogP contribution in [-0.2, 0) is 16.1 Å². The average Bonchev–Trinajstić information content (AvgIpc) is 2.28. The third-order valence-electron chi connectivity index (χ3n) is 1.97. The molecule has 0 bridgehead atoms. The first-order valence-corrected chi connectivity index (χ1v) is 4.95. The highest BCUT2D eigenvalue weighted by Crippen LogP contribution is 2.19. The fraction of sp³-hybridized carbons (Fsp3) is 0.250. The lowest BCUT2D eigenvalue weighted by Crippen LogP contribution is -1.98. The predicted octanol–water partition coefficient (Wildman–Crippen LogP) is 1.46. The molecule has 0 radical (unpaired) electrons. The molecule has 0 aliphatic heterocycles. The van der Waals surface area contributed by atoms with Crippen LogP contribution in [0.25, 0.3) is 6.08 Å². The maximum Gasteiger partial charge on any atom is 0.330 e. The molecule has 0 atom stereocenters. The number of ether oxygens (including phenoxy) is 1. The van der Waals surface area contributed by atoms with Crippen molar-refractivity contribution in [2.24, 2.45) is 0 Å². The zero-order valence-electron chi connectivity index (χ0n) is 9.01. The molecule has 0 heterocycles. The van der Waals surface area contributed by atoms with Crippen molar-refractivity contribution in [2.75, 3.05) is 6.61 Å². The van der Waals surface area contributed by atoms with Crippen molar-refractivity contribution >= 4 is 12.0 Å². The molecule has 0 aromatic heterocycles. The summed E-state index contributed by atoms with van der Waals surface area (Å²) in [5.41, 5.74) is 1.14. The summed E-state index contributed by atoms with van der Waals surface area (Å²) in [5, 5.41) is 18.2. The van der Waals surface area contributed by atoms with Crippen molar-refractivity contribution in [3.63, 3.8) is 0 Å². The Labute approximate surface area is 93.8 Å². The molecule has 0 spiro atoms. The standard InChI is InChI=1S/C12H14O4/c1-2-16-12(15)6-4-9-3-5-11(14)10(7-9)8-13/h3-7,13-14H,2,8H2,1H3. The van der Waals surface area contributed by atoms with E-state index >= 15 is 0 Å². The normalized spacial score (nSPS) is 10.6. The third-order valence-corrected chi connectivity index (χ3v) is 1.97. The lowest BCUT2D eigenvalue weighted by molar-refractivity contribution is -0.137. The zero-order valence-corrected chi connectivity index (χ0v) is 9.01. The molecule has 4 nitrogen and oxygen atoms in total. The second-order valence-corrected chi connectivity index (χ2v) is 3.13. The third kappa shape index (κ3) is 3.40. The van der Waals surface area contributed by atoms with Crippen LogP contribution in [0.1, 0.15) is 18.1 Å². The maximum absolute atomic E-state index is 11.0. The first-order chi connectivity index (χ1) is 7.67. The quantitative estimate of drug-likeness (QED) is 0.598. The second-order valence-electron chi connectivity index (χ2n) is 3.13. The number of aliphatic hydroxyl groups excluding tert-OH is 1. The summed E-state index contributed by atoms with van der Waals surface area (Å²) in [6, 6.07) is 4.71. The SMILES string of the molecule is CCOC(=O)C=Cc1ccc(O)c(CO)c1. The van der Waals surface area contributed by atoms with E-state index in [0.717, 1.165) is 5.56 Å². The topological polar surface area (TPSA) is 66.8 Å². The van der Waals surface area contributed by atoms with Gasteiger partial charge in [-0.15, -0.1) is 0 Å². The van der Waals surface area contributed by atoms with Gasteiger partial charge in [0.05, 0.1) is 13.2 Å². The van der Waals surface area contributed by atoms with Crippen LogP contribution in [-0.4, -0.2) is 22.8 Å². The van der Waals surface area contributed by atoms with E-state index < -0.39 is 5.97 Å². The van der Waals surface area contributed by atoms with Crippen molar-refractivity contribution in [3.8, 4) is 5.75 Å². The van der Waals surface area contributed by atoms with Gasteiger partial charge in [0.2, 0.25) is 0 Å². The Morgan fingerprint density at radius 2 is 2.25 bits per heavy atom. The molecule has 0 saturated heterocycles. The molecule has 4 heteroatoms. The minimum Gasteiger partial charge on any atom is -0.508 e. The molecule has 0 aliphatic carbocycles. The molecular weight excluding hydrogens is 208 g/mol. The van der Waals surface area contributed by atoms with Crippen LogP contribution in [0.15, 0.2) is 24.3 Å². The number of benzene rings is 1. The van der Waals surface area contributed by atoms with Crippen LogP contribution in [0.5, 0.6) is 5.75 Å². The number of aromatic hydroxyl groups is 1. The summed E-state index contributed by atoms with van der Waals surface area (Å²) in [7, 11) is 0. The van der Waals surface area contributed by atoms with E-state index in [-0.39, 0.29) is 12.4 Å². The summed E-state index contributed by atoms with van der Waals surface area (Å²) in [6.07, 6.45) is 2.87. The van der Waals surface area contributed by atoms with Crippen molar-refractivity contribution in [2.45, 2.75) is 13.5 Å². The van der Waals surface area contributed by atoms with Gasteiger partial charge in [-0.05, 0) is 30.7 Å². The Morgan fingerprint density at radius 1 is 1.50 bits per heavy atom. The number of hydrogen-bond donors (Lipinski definition) is 2. The number of esters is 1. The van der Waals surface area contributed by atoms with E-state index in [1.54, 1.807) is 25.1 Å². The molecule has 0 fully saturated rings. The first kappa shape index (κ1) is 12.3. The second kappa shape index (κ2) is 5.92. The van der Waals surface area contributed by atoms with Crippen LogP contribution < -0.4 is 0 Å². The van der Waals surface area contributed by atoms with Gasteiger partial charge in [-0.2, -0.15) is 0 Å². The van der Waals surface area contributed by atoms with Gasteiger partial charge < -0.3 is 14.9 Å². The minimum absolute atomic E-state index is 0.0378. The largest absolute Gasteiger partial charge is 0.508 e. The highest BCUT2D eigenvalue weighted by molar-refractivity contribution is 5.87. The Bertz CT molecular complexity index is 396. The molecule has 0 unspecified atom stereocenters. The predicted molar refractivity (Wildman–Crippen MR) is 59.7 cm³/mol. The van der Waals surface area contributed by atoms with Gasteiger partial charge in [0.15, 0.2) is 0 Å². The Balaban J connectivity index is 2.78. The van der Waals surface area contributed by atoms with E-state index in [1.807, 2.05) is 0 Å². The van der Waals surface area contributed by atoms with Crippen LogP contribution in [0.4, 0.5) is 0 Å². The van der Waals surface area contributed by atoms with Gasteiger partial charge in [-0.25, -0.2) is 4.79 Å². The summed E-state index contributed by atoms with van der Waals surface area (Å²) >= 11 is 0. The lowest BCUT2D eigenvalue weighted by atomic mass is 10.1. The Morgan fingerprint density at radius 3 is 2.88 bits per heavy atom. The first-order valence-electron chi connectivity index (χ1n) is 4.95. The van der Waals surface area contributed by atoms with Crippen LogP contribution in [0, 0.1) is 0 Å². The smallest absolute Gasteiger partial charge is 0.330 e. The molecule has 0 aliphatic rings. The average molecular weight is 222 g/mol. The minimum atomic E-state index is -0.416. The number of phenols is 1. The van der Waals surface area contributed by atoms with Gasteiger partial charge >= 0.3 is 5.97 Å². The van der Waals surface area contributed by atoms with Gasteiger partial charge in [0.1, 0.15) is 5.75 Å². The number of aliphatic hydroxyl groups is 1. The monoisotopic (exact) mass is 222 g/mol. The molecule has 16 heavy (non-hydrogen) atoms. The van der Waals surface area contributed by atoms with Gasteiger partial charge in [-0.3, -0.25) is 0 Å². The highest BCUT2D eigenvalue weighted by atomic mass is 16.5. The van der Waals surface area contributed by atoms with E-state index in [4.69, 9.17) is 9.84 Å². The van der Waals surface area contributed by atoms with Crippen LogP contribution in [0.2, 0.25) is 0 Å². The van der Waals surface area contributed by atoms with Crippen molar-refractivity contribution in [1.82, 2.24) is 0 Å². The van der Waals surface area contributed by atoms with E-state index in [2.05, 4.69) is 0 Å². The summed E-state index contributed by atoms with van der Waals surface area (Å²) in [5.74, 6) is -0.378. The van der Waals surface area contributed by atoms with Crippen molar-refractivity contribution in [3.05, 3.63) is 35.4 Å². The Hall–Kier alpha value is -1.81. The van der Waals surface area contributed by atoms with E-state index in [9.17, 15) is 9.90 Å². The number of carbonyl (C=O) groups excluding carboxylic acids is 1. The summed E-state index contributed by atoms with van der Waals surface area (Å²) in [4.78, 5) is 11.0.